The van der Waals surface area contributed by atoms with Crippen LogP contribution in [0.2, 0.25) is 0 Å². The van der Waals surface area contributed by atoms with Crippen molar-refractivity contribution in [2.45, 2.75) is 18.9 Å². The fraction of sp³-hybridized carbons (Fsp3) is 0.471. The number of aromatic hydroxyl groups is 1. The number of nitrogens with one attached hydrogen (secondary N) is 3. The van der Waals surface area contributed by atoms with Crippen LogP contribution in [0.25, 0.3) is 6.08 Å². The van der Waals surface area contributed by atoms with Crippen molar-refractivity contribution in [3.8, 4) is 5.75 Å². The number of aliphatic hydroxyl groups excluding tert-OH is 1. The van der Waals surface area contributed by atoms with E-state index in [0.29, 0.717) is 29.6 Å². The number of hydrogen-bond acceptors (Lipinski definition) is 6. The number of unbranched alkanes of at least 4 members (excludes halogenated alkanes) is 1. The van der Waals surface area contributed by atoms with Crippen molar-refractivity contribution in [3.05, 3.63) is 29.3 Å². The second-order valence-corrected chi connectivity index (χ2v) is 5.24. The van der Waals surface area contributed by atoms with Crippen LogP contribution in [0.3, 0.4) is 0 Å². The Bertz CT molecular complexity index is 518. The van der Waals surface area contributed by atoms with Crippen LogP contribution in [0, 0.1) is 0 Å². The van der Waals surface area contributed by atoms with Gasteiger partial charge in [0.15, 0.2) is 0 Å². The van der Waals surface area contributed by atoms with Crippen molar-refractivity contribution in [1.29, 1.82) is 0 Å². The van der Waals surface area contributed by atoms with E-state index in [-0.39, 0.29) is 5.75 Å². The number of hydrogen-bond donors (Lipinski definition) is 5. The summed E-state index contributed by atoms with van der Waals surface area (Å²) in [7, 11) is 3.61. The van der Waals surface area contributed by atoms with Gasteiger partial charge in [0.2, 0.25) is 0 Å². The third-order valence-electron chi connectivity index (χ3n) is 3.58. The van der Waals surface area contributed by atoms with Crippen LogP contribution in [-0.2, 0) is 4.79 Å². The predicted octanol–water partition coefficient (Wildman–Crippen LogP) is 1.27. The molecule has 6 heteroatoms. The van der Waals surface area contributed by atoms with Crippen LogP contribution in [0.15, 0.2) is 18.2 Å². The highest BCUT2D eigenvalue weighted by Gasteiger charge is 2.16. The van der Waals surface area contributed by atoms with Gasteiger partial charge in [-0.1, -0.05) is 6.07 Å². The number of aldehydes is 1. The molecule has 1 atom stereocenters. The molecule has 0 bridgehead atoms. The molecule has 5 N–H and O–H groups in total. The fourth-order valence-corrected chi connectivity index (χ4v) is 2.39. The monoisotopic (exact) mass is 321 g/mol. The smallest absolute Gasteiger partial charge is 0.142 e. The van der Waals surface area contributed by atoms with Crippen molar-refractivity contribution >= 4 is 18.0 Å². The molecule has 0 saturated heterocycles. The lowest BCUT2D eigenvalue weighted by molar-refractivity contribution is -0.104. The average molecular weight is 321 g/mol. The number of carbonyl (C=O) groups excluding carboxylic acids is 1. The molecule has 0 amide bonds. The summed E-state index contributed by atoms with van der Waals surface area (Å²) < 4.78 is 0. The molecule has 0 spiro atoms. The number of anilines is 1. The summed E-state index contributed by atoms with van der Waals surface area (Å²) >= 11 is 0. The molecule has 0 aliphatic heterocycles. The Hall–Kier alpha value is -1.89. The molecule has 0 aromatic heterocycles. The average Bonchev–Trinajstić information content (AvgIpc) is 2.55. The highest BCUT2D eigenvalue weighted by Crippen LogP contribution is 2.33. The van der Waals surface area contributed by atoms with E-state index in [4.69, 9.17) is 0 Å². The molecule has 0 aliphatic rings. The van der Waals surface area contributed by atoms with Gasteiger partial charge in [0.1, 0.15) is 12.0 Å². The van der Waals surface area contributed by atoms with E-state index in [2.05, 4.69) is 16.0 Å². The Kier molecular flexibility index (Phi) is 8.97. The first-order valence-corrected chi connectivity index (χ1v) is 7.84. The summed E-state index contributed by atoms with van der Waals surface area (Å²) in [5.74, 6) is 0.0778. The van der Waals surface area contributed by atoms with Crippen LogP contribution in [0.4, 0.5) is 5.69 Å². The molecule has 23 heavy (non-hydrogen) atoms. The molecule has 128 valence electrons. The van der Waals surface area contributed by atoms with Gasteiger partial charge in [0, 0.05) is 19.2 Å². The van der Waals surface area contributed by atoms with Gasteiger partial charge in [0.25, 0.3) is 0 Å². The van der Waals surface area contributed by atoms with E-state index in [1.54, 1.807) is 19.2 Å². The first-order valence-electron chi connectivity index (χ1n) is 7.84. The zero-order valence-electron chi connectivity index (χ0n) is 13.8. The van der Waals surface area contributed by atoms with E-state index < -0.39 is 6.10 Å². The minimum Gasteiger partial charge on any atom is -0.506 e. The van der Waals surface area contributed by atoms with Crippen molar-refractivity contribution < 1.29 is 15.0 Å². The summed E-state index contributed by atoms with van der Waals surface area (Å²) in [5.41, 5.74) is 1.77. The molecule has 6 nitrogen and oxygen atoms in total. The Balaban J connectivity index is 2.77. The largest absolute Gasteiger partial charge is 0.506 e. The summed E-state index contributed by atoms with van der Waals surface area (Å²) in [6.07, 6.45) is 4.98. The normalized spacial score (nSPS) is 12.5. The highest BCUT2D eigenvalue weighted by atomic mass is 16.3. The number of phenolic OH excluding ortho intramolecular Hbond substituents is 1. The quantitative estimate of drug-likeness (QED) is 0.182. The summed E-state index contributed by atoms with van der Waals surface area (Å²) in [6.45, 7) is 2.22. The Morgan fingerprint density at radius 3 is 2.61 bits per heavy atom. The van der Waals surface area contributed by atoms with Gasteiger partial charge in [-0.3, -0.25) is 4.79 Å². The van der Waals surface area contributed by atoms with Crippen molar-refractivity contribution in [3.63, 3.8) is 0 Å². The maximum atomic E-state index is 10.6. The zero-order valence-corrected chi connectivity index (χ0v) is 13.8. The van der Waals surface area contributed by atoms with E-state index in [0.717, 1.165) is 25.9 Å². The van der Waals surface area contributed by atoms with Crippen molar-refractivity contribution in [2.75, 3.05) is 39.0 Å². The van der Waals surface area contributed by atoms with Gasteiger partial charge in [-0.2, -0.15) is 0 Å². The first kappa shape index (κ1) is 19.2. The molecule has 1 aromatic carbocycles. The van der Waals surface area contributed by atoms with Gasteiger partial charge in [-0.25, -0.2) is 0 Å². The van der Waals surface area contributed by atoms with E-state index in [1.807, 2.05) is 7.05 Å². The SMILES string of the molecule is CNCCCCNCC(O)c1ccc(O)c(NC)c1/C=C\C=O. The Morgan fingerprint density at radius 2 is 1.96 bits per heavy atom. The van der Waals surface area contributed by atoms with Crippen molar-refractivity contribution in [1.82, 2.24) is 10.6 Å². The lowest BCUT2D eigenvalue weighted by Gasteiger charge is -2.18. The van der Waals surface area contributed by atoms with Gasteiger partial charge in [-0.05, 0) is 56.8 Å². The molecular formula is C17H27N3O3. The second kappa shape index (κ2) is 10.8. The van der Waals surface area contributed by atoms with E-state index in [1.165, 1.54) is 12.1 Å². The molecule has 0 radical (unpaired) electrons. The molecule has 0 aliphatic carbocycles. The Morgan fingerprint density at radius 1 is 1.22 bits per heavy atom. The maximum Gasteiger partial charge on any atom is 0.142 e. The lowest BCUT2D eigenvalue weighted by atomic mass is 9.99. The summed E-state index contributed by atoms with van der Waals surface area (Å²) in [5, 5.41) is 29.5. The van der Waals surface area contributed by atoms with Crippen LogP contribution >= 0.6 is 0 Å². The third kappa shape index (κ3) is 6.02. The third-order valence-corrected chi connectivity index (χ3v) is 3.58. The van der Waals surface area contributed by atoms with E-state index in [9.17, 15) is 15.0 Å². The number of phenols is 1. The molecular weight excluding hydrogens is 294 g/mol. The van der Waals surface area contributed by atoms with Crippen molar-refractivity contribution in [2.24, 2.45) is 0 Å². The van der Waals surface area contributed by atoms with Gasteiger partial charge in [0.05, 0.1) is 11.8 Å². The number of rotatable bonds is 11. The minimum absolute atomic E-state index is 0.0778. The standard InChI is InChI=1S/C17H27N3O3/c1-18-9-3-4-10-20-12-16(23)13-7-8-15(22)17(19-2)14(13)6-5-11-21/h5-8,11,16,18-20,22-23H,3-4,9-10,12H2,1-2H3/b6-5-. The van der Waals surface area contributed by atoms with Crippen LogP contribution in [0.1, 0.15) is 30.1 Å². The fourth-order valence-electron chi connectivity index (χ4n) is 2.39. The number of allylic oxidation sites excluding steroid dienone is 1. The number of aliphatic hydroxyl groups is 1. The van der Waals surface area contributed by atoms with Crippen LogP contribution < -0.4 is 16.0 Å². The van der Waals surface area contributed by atoms with Gasteiger partial charge < -0.3 is 26.2 Å². The van der Waals surface area contributed by atoms with E-state index >= 15 is 0 Å². The van der Waals surface area contributed by atoms with Crippen LogP contribution in [0.5, 0.6) is 5.75 Å². The minimum atomic E-state index is -0.724. The maximum absolute atomic E-state index is 10.6. The highest BCUT2D eigenvalue weighted by molar-refractivity contribution is 5.81. The lowest BCUT2D eigenvalue weighted by Crippen LogP contribution is -2.23. The summed E-state index contributed by atoms with van der Waals surface area (Å²) in [4.78, 5) is 10.6. The van der Waals surface area contributed by atoms with Crippen LogP contribution in [-0.4, -0.2) is 50.2 Å². The number of carbonyl (C=O) groups is 1. The topological polar surface area (TPSA) is 93.6 Å². The molecule has 1 rings (SSSR count). The summed E-state index contributed by atoms with van der Waals surface area (Å²) in [6, 6.07) is 3.21. The number of benzene rings is 1. The molecule has 0 heterocycles. The molecule has 0 fully saturated rings. The Labute approximate surface area is 137 Å². The molecule has 0 saturated carbocycles. The predicted molar refractivity (Wildman–Crippen MR) is 93.7 cm³/mol. The zero-order chi connectivity index (χ0) is 17.1. The molecule has 1 unspecified atom stereocenters. The van der Waals surface area contributed by atoms with Gasteiger partial charge >= 0.3 is 0 Å². The first-order chi connectivity index (χ1) is 11.2. The molecule has 1 aromatic rings. The second-order valence-electron chi connectivity index (χ2n) is 5.24. The van der Waals surface area contributed by atoms with Gasteiger partial charge in [-0.15, -0.1) is 0 Å².